The van der Waals surface area contributed by atoms with Gasteiger partial charge in [-0.05, 0) is 43.2 Å². The number of hydrogen-bond acceptors (Lipinski definition) is 4. The van der Waals surface area contributed by atoms with E-state index in [0.29, 0.717) is 10.9 Å². The molecule has 2 rings (SSSR count). The Morgan fingerprint density at radius 3 is 2.48 bits per heavy atom. The Morgan fingerprint density at radius 2 is 1.86 bits per heavy atom. The van der Waals surface area contributed by atoms with Gasteiger partial charge >= 0.3 is 0 Å². The molecule has 0 amide bonds. The molecule has 0 aliphatic rings. The van der Waals surface area contributed by atoms with Crippen LogP contribution >= 0.6 is 11.6 Å². The molecule has 5 heteroatoms. The van der Waals surface area contributed by atoms with Crippen LogP contribution in [0.15, 0.2) is 30.5 Å². The van der Waals surface area contributed by atoms with Crippen molar-refractivity contribution in [1.29, 1.82) is 0 Å². The summed E-state index contributed by atoms with van der Waals surface area (Å²) in [6.07, 6.45) is 1.73. The third kappa shape index (κ3) is 3.58. The van der Waals surface area contributed by atoms with E-state index in [4.69, 9.17) is 21.1 Å². The average molecular weight is 307 g/mol. The molecule has 0 radical (unpaired) electrons. The summed E-state index contributed by atoms with van der Waals surface area (Å²) in [5.74, 6) is 1.44. The summed E-state index contributed by atoms with van der Waals surface area (Å²) in [6, 6.07) is 7.96. The van der Waals surface area contributed by atoms with Gasteiger partial charge in [-0.15, -0.1) is 0 Å². The third-order valence-electron chi connectivity index (χ3n) is 3.31. The van der Waals surface area contributed by atoms with Crippen LogP contribution in [-0.4, -0.2) is 19.2 Å². The molecule has 112 valence electrons. The smallest absolute Gasteiger partial charge is 0.161 e. The minimum absolute atomic E-state index is 0.104. The molecule has 0 saturated carbocycles. The molecule has 1 unspecified atom stereocenters. The zero-order valence-corrected chi connectivity index (χ0v) is 13.4. The molecule has 0 aliphatic carbocycles. The average Bonchev–Trinajstić information content (AvgIpc) is 2.50. The lowest BCUT2D eigenvalue weighted by atomic mass is 10.1. The molecular formula is C16H19ClN2O2. The standard InChI is InChI=1S/C16H19ClN2O2/c1-10-7-13(9-18-16(10)17)19-11(2)12-5-6-14(20-3)15(8-12)21-4/h5-9,11,19H,1-4H3. The maximum atomic E-state index is 5.94. The molecule has 0 saturated heterocycles. The number of nitrogens with one attached hydrogen (secondary N) is 1. The fourth-order valence-corrected chi connectivity index (χ4v) is 2.20. The highest BCUT2D eigenvalue weighted by molar-refractivity contribution is 6.30. The predicted molar refractivity (Wildman–Crippen MR) is 85.6 cm³/mol. The Hall–Kier alpha value is -1.94. The van der Waals surface area contributed by atoms with Crippen LogP contribution in [0.1, 0.15) is 24.1 Å². The van der Waals surface area contributed by atoms with Gasteiger partial charge in [0.25, 0.3) is 0 Å². The maximum Gasteiger partial charge on any atom is 0.161 e. The minimum atomic E-state index is 0.104. The molecule has 0 bridgehead atoms. The van der Waals surface area contributed by atoms with Gasteiger partial charge in [-0.3, -0.25) is 0 Å². The summed E-state index contributed by atoms with van der Waals surface area (Å²) in [5, 5.41) is 3.92. The van der Waals surface area contributed by atoms with Crippen molar-refractivity contribution in [1.82, 2.24) is 4.98 Å². The number of aromatic nitrogens is 1. The maximum absolute atomic E-state index is 5.94. The van der Waals surface area contributed by atoms with Crippen molar-refractivity contribution in [3.05, 3.63) is 46.7 Å². The van der Waals surface area contributed by atoms with Crippen molar-refractivity contribution in [3.63, 3.8) is 0 Å². The molecule has 0 fully saturated rings. The second-order valence-corrected chi connectivity index (χ2v) is 5.17. The summed E-state index contributed by atoms with van der Waals surface area (Å²) < 4.78 is 10.6. The van der Waals surface area contributed by atoms with E-state index < -0.39 is 0 Å². The Balaban J connectivity index is 2.19. The van der Waals surface area contributed by atoms with Gasteiger partial charge in [0.15, 0.2) is 11.5 Å². The van der Waals surface area contributed by atoms with E-state index in [0.717, 1.165) is 22.6 Å². The van der Waals surface area contributed by atoms with Crippen molar-refractivity contribution in [2.45, 2.75) is 19.9 Å². The van der Waals surface area contributed by atoms with Gasteiger partial charge in [0.05, 0.1) is 26.1 Å². The molecule has 1 aromatic carbocycles. The monoisotopic (exact) mass is 306 g/mol. The fourth-order valence-electron chi connectivity index (χ4n) is 2.09. The normalized spacial score (nSPS) is 11.9. The summed E-state index contributed by atoms with van der Waals surface area (Å²) in [4.78, 5) is 4.14. The number of rotatable bonds is 5. The Morgan fingerprint density at radius 1 is 1.14 bits per heavy atom. The van der Waals surface area contributed by atoms with Gasteiger partial charge in [-0.1, -0.05) is 17.7 Å². The first-order valence-corrected chi connectivity index (χ1v) is 7.03. The third-order valence-corrected chi connectivity index (χ3v) is 3.70. The number of nitrogens with zero attached hydrogens (tertiary/aromatic N) is 1. The first kappa shape index (κ1) is 15.4. The Labute approximate surface area is 130 Å². The zero-order valence-electron chi connectivity index (χ0n) is 12.6. The molecule has 0 aliphatic heterocycles. The highest BCUT2D eigenvalue weighted by Gasteiger charge is 2.10. The van der Waals surface area contributed by atoms with Gasteiger partial charge in [-0.2, -0.15) is 0 Å². The van der Waals surface area contributed by atoms with Gasteiger partial charge in [0, 0.05) is 6.04 Å². The summed E-state index contributed by atoms with van der Waals surface area (Å²) in [7, 11) is 3.26. The number of hydrogen-bond donors (Lipinski definition) is 1. The van der Waals surface area contributed by atoms with E-state index in [-0.39, 0.29) is 6.04 Å². The number of halogens is 1. The first-order chi connectivity index (χ1) is 10.0. The second-order valence-electron chi connectivity index (χ2n) is 4.81. The molecule has 2 aromatic rings. The van der Waals surface area contributed by atoms with Crippen LogP contribution < -0.4 is 14.8 Å². The van der Waals surface area contributed by atoms with E-state index >= 15 is 0 Å². The van der Waals surface area contributed by atoms with Crippen LogP contribution in [0.25, 0.3) is 0 Å². The number of pyridine rings is 1. The molecule has 1 aromatic heterocycles. The molecule has 21 heavy (non-hydrogen) atoms. The predicted octanol–water partition coefficient (Wildman–Crippen LogP) is 4.23. The van der Waals surface area contributed by atoms with Crippen molar-refractivity contribution < 1.29 is 9.47 Å². The van der Waals surface area contributed by atoms with Crippen molar-refractivity contribution in [3.8, 4) is 11.5 Å². The first-order valence-electron chi connectivity index (χ1n) is 6.65. The molecule has 1 heterocycles. The van der Waals surface area contributed by atoms with Crippen molar-refractivity contribution in [2.75, 3.05) is 19.5 Å². The second kappa shape index (κ2) is 6.68. The minimum Gasteiger partial charge on any atom is -0.493 e. The summed E-state index contributed by atoms with van der Waals surface area (Å²) >= 11 is 5.94. The van der Waals surface area contributed by atoms with Crippen LogP contribution in [0.4, 0.5) is 5.69 Å². The van der Waals surface area contributed by atoms with Gasteiger partial charge in [0.2, 0.25) is 0 Å². The van der Waals surface area contributed by atoms with Crippen LogP contribution in [0.2, 0.25) is 5.15 Å². The van der Waals surface area contributed by atoms with Crippen LogP contribution in [0.5, 0.6) is 11.5 Å². The van der Waals surface area contributed by atoms with Gasteiger partial charge in [0.1, 0.15) is 5.15 Å². The Kier molecular flexibility index (Phi) is 4.91. The lowest BCUT2D eigenvalue weighted by Crippen LogP contribution is -2.07. The number of anilines is 1. The van der Waals surface area contributed by atoms with E-state index in [1.54, 1.807) is 20.4 Å². The number of methoxy groups -OCH3 is 2. The van der Waals surface area contributed by atoms with E-state index in [1.807, 2.05) is 31.2 Å². The largest absolute Gasteiger partial charge is 0.493 e. The summed E-state index contributed by atoms with van der Waals surface area (Å²) in [6.45, 7) is 4.01. The fraction of sp³-hybridized carbons (Fsp3) is 0.312. The van der Waals surface area contributed by atoms with Crippen molar-refractivity contribution >= 4 is 17.3 Å². The lowest BCUT2D eigenvalue weighted by Gasteiger charge is -2.18. The molecule has 0 spiro atoms. The SMILES string of the molecule is COc1ccc(C(C)Nc2cnc(Cl)c(C)c2)cc1OC. The Bertz CT molecular complexity index is 632. The van der Waals surface area contributed by atoms with Crippen molar-refractivity contribution in [2.24, 2.45) is 0 Å². The van der Waals surface area contributed by atoms with E-state index in [9.17, 15) is 0 Å². The lowest BCUT2D eigenvalue weighted by molar-refractivity contribution is 0.354. The summed E-state index contributed by atoms with van der Waals surface area (Å²) in [5.41, 5.74) is 2.97. The molecule has 1 N–H and O–H groups in total. The number of ether oxygens (including phenoxy) is 2. The number of aryl methyl sites for hydroxylation is 1. The number of benzene rings is 1. The highest BCUT2D eigenvalue weighted by atomic mass is 35.5. The van der Waals surface area contributed by atoms with Crippen LogP contribution in [-0.2, 0) is 0 Å². The van der Waals surface area contributed by atoms with E-state index in [2.05, 4.69) is 17.2 Å². The molecular weight excluding hydrogens is 288 g/mol. The zero-order chi connectivity index (χ0) is 15.4. The van der Waals surface area contributed by atoms with E-state index in [1.165, 1.54) is 0 Å². The quantitative estimate of drug-likeness (QED) is 0.839. The van der Waals surface area contributed by atoms with Gasteiger partial charge < -0.3 is 14.8 Å². The van der Waals surface area contributed by atoms with Crippen LogP contribution in [0, 0.1) is 6.92 Å². The topological polar surface area (TPSA) is 43.4 Å². The van der Waals surface area contributed by atoms with Gasteiger partial charge in [-0.25, -0.2) is 4.98 Å². The van der Waals surface area contributed by atoms with Crippen LogP contribution in [0.3, 0.4) is 0 Å². The molecule has 1 atom stereocenters. The molecule has 4 nitrogen and oxygen atoms in total. The highest BCUT2D eigenvalue weighted by Crippen LogP contribution is 2.31.